The lowest BCUT2D eigenvalue weighted by molar-refractivity contribution is -0.144. The summed E-state index contributed by atoms with van der Waals surface area (Å²) in [7, 11) is 0. The summed E-state index contributed by atoms with van der Waals surface area (Å²) in [6, 6.07) is 3.81. The number of nitrogens with two attached hydrogens (primary N) is 1. The quantitative estimate of drug-likeness (QED) is 0.180. The number of aliphatic carboxylic acids is 1. The summed E-state index contributed by atoms with van der Waals surface area (Å²) < 4.78 is 0. The topological polar surface area (TPSA) is 191 Å². The van der Waals surface area contributed by atoms with Crippen LogP contribution in [0.5, 0.6) is 0 Å². The number of hydrogen-bond donors (Lipinski definition) is 6. The predicted octanol–water partition coefficient (Wildman–Crippen LogP) is -0.219. The third-order valence-corrected chi connectivity index (χ3v) is 7.35. The first-order valence-corrected chi connectivity index (χ1v) is 13.8. The van der Waals surface area contributed by atoms with Gasteiger partial charge in [0.05, 0.1) is 12.6 Å². The summed E-state index contributed by atoms with van der Waals surface area (Å²) in [5, 5.41) is 26.9. The van der Waals surface area contributed by atoms with Crippen LogP contribution in [-0.4, -0.2) is 88.1 Å². The normalized spacial score (nSPS) is 18.8. The van der Waals surface area contributed by atoms with E-state index in [1.165, 1.54) is 4.90 Å². The maximum atomic E-state index is 13.7. The Morgan fingerprint density at radius 3 is 2.20 bits per heavy atom. The smallest absolute Gasteiger partial charge is 0.326 e. The molecule has 0 aliphatic carbocycles. The predicted molar refractivity (Wildman–Crippen MR) is 148 cm³/mol. The van der Waals surface area contributed by atoms with Gasteiger partial charge in [0, 0.05) is 13.0 Å². The van der Waals surface area contributed by atoms with Crippen LogP contribution in [0.1, 0.15) is 52.5 Å². The van der Waals surface area contributed by atoms with Gasteiger partial charge in [-0.05, 0) is 30.2 Å². The molecule has 0 bridgehead atoms. The van der Waals surface area contributed by atoms with Crippen molar-refractivity contribution in [1.29, 1.82) is 0 Å². The third kappa shape index (κ3) is 8.75. The molecule has 0 unspecified atom stereocenters. The van der Waals surface area contributed by atoms with Crippen LogP contribution in [0.4, 0.5) is 0 Å². The minimum absolute atomic E-state index is 0.152. The molecule has 12 heteroatoms. The number of nitrogens with zero attached hydrogens (tertiary/aromatic N) is 1. The van der Waals surface area contributed by atoms with Gasteiger partial charge in [-0.3, -0.25) is 19.2 Å². The van der Waals surface area contributed by atoms with E-state index in [0.717, 1.165) is 5.56 Å². The largest absolute Gasteiger partial charge is 0.480 e. The number of nitrogens with one attached hydrogen (secondary N) is 3. The summed E-state index contributed by atoms with van der Waals surface area (Å²) in [4.78, 5) is 65.4. The first kappa shape index (κ1) is 32.7. The van der Waals surface area contributed by atoms with Crippen molar-refractivity contribution in [2.75, 3.05) is 13.2 Å². The summed E-state index contributed by atoms with van der Waals surface area (Å²) in [6.45, 7) is 6.56. The summed E-state index contributed by atoms with van der Waals surface area (Å²) >= 11 is 0. The van der Waals surface area contributed by atoms with E-state index in [1.807, 2.05) is 30.3 Å². The van der Waals surface area contributed by atoms with Crippen molar-refractivity contribution in [1.82, 2.24) is 20.9 Å². The molecule has 0 saturated carbocycles. The number of carbonyl (C=O) groups excluding carboxylic acids is 4. The molecule has 222 valence electrons. The number of aliphatic hydroxyl groups is 1. The van der Waals surface area contributed by atoms with Crippen molar-refractivity contribution >= 4 is 29.6 Å². The molecule has 6 atom stereocenters. The van der Waals surface area contributed by atoms with E-state index in [2.05, 4.69) is 16.0 Å². The number of hydrogen-bond acceptors (Lipinski definition) is 7. The summed E-state index contributed by atoms with van der Waals surface area (Å²) in [5.74, 6) is -4.17. The van der Waals surface area contributed by atoms with Gasteiger partial charge in [-0.2, -0.15) is 0 Å². The van der Waals surface area contributed by atoms with Crippen molar-refractivity contribution < 1.29 is 34.2 Å². The van der Waals surface area contributed by atoms with Crippen molar-refractivity contribution in [3.63, 3.8) is 0 Å². The maximum absolute atomic E-state index is 13.7. The van der Waals surface area contributed by atoms with Crippen molar-refractivity contribution in [2.24, 2.45) is 17.6 Å². The van der Waals surface area contributed by atoms with Crippen molar-refractivity contribution in [3.05, 3.63) is 35.9 Å². The van der Waals surface area contributed by atoms with Crippen LogP contribution in [0.2, 0.25) is 0 Å². The molecule has 1 fully saturated rings. The number of rotatable bonds is 14. The monoisotopic (exact) mass is 561 g/mol. The lowest BCUT2D eigenvalue weighted by Crippen LogP contribution is -2.59. The molecule has 40 heavy (non-hydrogen) atoms. The van der Waals surface area contributed by atoms with E-state index in [-0.39, 0.29) is 24.8 Å². The average molecular weight is 562 g/mol. The van der Waals surface area contributed by atoms with E-state index in [4.69, 9.17) is 5.73 Å². The zero-order valence-corrected chi connectivity index (χ0v) is 23.6. The van der Waals surface area contributed by atoms with Crippen LogP contribution < -0.4 is 21.7 Å². The van der Waals surface area contributed by atoms with Gasteiger partial charge >= 0.3 is 5.97 Å². The molecular formula is C28H43N5O7. The fourth-order valence-electron chi connectivity index (χ4n) is 4.52. The highest BCUT2D eigenvalue weighted by atomic mass is 16.4. The Kier molecular flexibility index (Phi) is 12.5. The second kappa shape index (κ2) is 15.3. The number of carbonyl (C=O) groups is 5. The van der Waals surface area contributed by atoms with Crippen LogP contribution in [-0.2, 0) is 30.4 Å². The van der Waals surface area contributed by atoms with Gasteiger partial charge in [0.15, 0.2) is 0 Å². The number of amides is 4. The van der Waals surface area contributed by atoms with E-state index in [0.29, 0.717) is 19.3 Å². The molecular weight excluding hydrogens is 518 g/mol. The molecule has 7 N–H and O–H groups in total. The van der Waals surface area contributed by atoms with E-state index in [1.54, 1.807) is 27.7 Å². The molecule has 1 aliphatic heterocycles. The molecule has 1 heterocycles. The lowest BCUT2D eigenvalue weighted by atomic mass is 9.99. The van der Waals surface area contributed by atoms with Crippen LogP contribution >= 0.6 is 0 Å². The summed E-state index contributed by atoms with van der Waals surface area (Å²) in [5.41, 5.74) is 6.82. The van der Waals surface area contributed by atoms with Gasteiger partial charge in [-0.15, -0.1) is 0 Å². The number of carboxylic acid groups (broad SMARTS) is 1. The number of carboxylic acids is 1. The standard InChI is InChI=1S/C28H43N5O7/c1-5-17(4)23(28(39)40)32-24(35)20(15-34)31-25(36)21-12-9-13-33(21)27(38)19(14-18-10-7-6-8-11-18)30-26(37)22(29)16(2)3/h6-8,10-11,16-17,19-23,34H,5,9,12-15,29H2,1-4H3,(H,30,37)(H,31,36)(H,32,35)(H,39,40)/t17-,19-,20-,21-,22-,23-/m0/s1. The molecule has 12 nitrogen and oxygen atoms in total. The lowest BCUT2D eigenvalue weighted by Gasteiger charge is -2.30. The zero-order valence-electron chi connectivity index (χ0n) is 23.6. The minimum Gasteiger partial charge on any atom is -0.480 e. The third-order valence-electron chi connectivity index (χ3n) is 7.35. The van der Waals surface area contributed by atoms with E-state index in [9.17, 15) is 34.2 Å². The van der Waals surface area contributed by atoms with Crippen LogP contribution in [0.25, 0.3) is 0 Å². The number of aliphatic hydroxyl groups excluding tert-OH is 1. The SMILES string of the molecule is CC[C@H](C)[C@H](NC(=O)[C@H](CO)NC(=O)[C@@H]1CCCN1C(=O)[C@H](Cc1ccccc1)NC(=O)[C@@H](N)C(C)C)C(=O)O. The molecule has 1 aliphatic rings. The van der Waals surface area contributed by atoms with Gasteiger partial charge in [-0.1, -0.05) is 64.4 Å². The zero-order chi connectivity index (χ0) is 30.0. The first-order valence-electron chi connectivity index (χ1n) is 13.8. The number of benzene rings is 1. The highest BCUT2D eigenvalue weighted by Crippen LogP contribution is 2.20. The molecule has 4 amide bonds. The molecule has 1 aromatic rings. The van der Waals surface area contributed by atoms with E-state index < -0.39 is 66.4 Å². The Morgan fingerprint density at radius 2 is 1.65 bits per heavy atom. The van der Waals surface area contributed by atoms with E-state index >= 15 is 0 Å². The average Bonchev–Trinajstić information content (AvgIpc) is 3.43. The van der Waals surface area contributed by atoms with Crippen LogP contribution in [0, 0.1) is 11.8 Å². The van der Waals surface area contributed by atoms with Gasteiger partial charge in [0.1, 0.15) is 24.2 Å². The van der Waals surface area contributed by atoms with Crippen molar-refractivity contribution in [3.8, 4) is 0 Å². The van der Waals surface area contributed by atoms with Gasteiger partial charge in [-0.25, -0.2) is 4.79 Å². The minimum atomic E-state index is -1.40. The van der Waals surface area contributed by atoms with Crippen LogP contribution in [0.3, 0.4) is 0 Å². The molecule has 1 aromatic carbocycles. The van der Waals surface area contributed by atoms with Crippen LogP contribution in [0.15, 0.2) is 30.3 Å². The molecule has 0 radical (unpaired) electrons. The molecule has 2 rings (SSSR count). The van der Waals surface area contributed by atoms with Gasteiger partial charge in [0.2, 0.25) is 23.6 Å². The molecule has 0 aromatic heterocycles. The molecule has 1 saturated heterocycles. The fraction of sp³-hybridized carbons (Fsp3) is 0.607. The second-order valence-corrected chi connectivity index (χ2v) is 10.7. The molecule has 0 spiro atoms. The Bertz CT molecular complexity index is 1040. The van der Waals surface area contributed by atoms with Gasteiger partial charge in [0.25, 0.3) is 0 Å². The Morgan fingerprint density at radius 1 is 1.00 bits per heavy atom. The summed E-state index contributed by atoms with van der Waals surface area (Å²) in [6.07, 6.45) is 1.52. The highest BCUT2D eigenvalue weighted by molar-refractivity contribution is 5.96. The second-order valence-electron chi connectivity index (χ2n) is 10.7. The van der Waals surface area contributed by atoms with Crippen molar-refractivity contribution in [2.45, 2.75) is 83.6 Å². The Balaban J connectivity index is 2.19. The maximum Gasteiger partial charge on any atom is 0.326 e. The fourth-order valence-corrected chi connectivity index (χ4v) is 4.52. The van der Waals surface area contributed by atoms with Gasteiger partial charge < -0.3 is 36.8 Å². The Hall–Kier alpha value is -3.51. The first-order chi connectivity index (χ1) is 18.9. The number of likely N-dealkylation sites (tertiary alicyclic amines) is 1. The highest BCUT2D eigenvalue weighted by Gasteiger charge is 2.39. The Labute approximate surface area is 235 Å².